The first-order valence-electron chi connectivity index (χ1n) is 7.00. The van der Waals surface area contributed by atoms with Gasteiger partial charge in [0.1, 0.15) is 11.7 Å². The number of para-hydroxylation sites is 1. The lowest BCUT2D eigenvalue weighted by molar-refractivity contribution is -0.642. The Balaban J connectivity index is 1.94. The third-order valence-corrected chi connectivity index (χ3v) is 4.78. The molecule has 3 rings (SSSR count). The fourth-order valence-electron chi connectivity index (χ4n) is 2.39. The van der Waals surface area contributed by atoms with Crippen molar-refractivity contribution >= 4 is 33.7 Å². The van der Waals surface area contributed by atoms with Crippen molar-refractivity contribution in [2.75, 3.05) is 14.2 Å². The van der Waals surface area contributed by atoms with Crippen LogP contribution in [-0.4, -0.2) is 14.2 Å². The normalized spacial score (nSPS) is 11.2. The number of fused-ring (bicyclic) bond motifs is 1. The van der Waals surface area contributed by atoms with Gasteiger partial charge in [-0.1, -0.05) is 29.5 Å². The lowest BCUT2D eigenvalue weighted by Gasteiger charge is -2.07. The van der Waals surface area contributed by atoms with Gasteiger partial charge < -0.3 is 9.47 Å². The Kier molecular flexibility index (Phi) is 4.11. The van der Waals surface area contributed by atoms with Gasteiger partial charge >= 0.3 is 0 Å². The Morgan fingerprint density at radius 3 is 2.45 bits per heavy atom. The lowest BCUT2D eigenvalue weighted by atomic mass is 10.2. The zero-order chi connectivity index (χ0) is 15.5. The molecule has 0 unspecified atom stereocenters. The van der Waals surface area contributed by atoms with Gasteiger partial charge in [-0.15, -0.1) is 0 Å². The van der Waals surface area contributed by atoms with Crippen molar-refractivity contribution < 1.29 is 14.0 Å². The molecular formula is C18H18NO2S+. The predicted octanol–water partition coefficient (Wildman–Crippen LogP) is 3.91. The van der Waals surface area contributed by atoms with Crippen LogP contribution in [-0.2, 0) is 7.05 Å². The van der Waals surface area contributed by atoms with E-state index < -0.39 is 0 Å². The third kappa shape index (κ3) is 2.70. The number of benzene rings is 2. The van der Waals surface area contributed by atoms with Gasteiger partial charge in [-0.2, -0.15) is 4.57 Å². The van der Waals surface area contributed by atoms with E-state index in [0.29, 0.717) is 0 Å². The van der Waals surface area contributed by atoms with E-state index in [1.807, 2.05) is 18.2 Å². The Hall–Kier alpha value is -2.33. The SMILES string of the molecule is COc1ccc(C=Cc2sc3ccccc3[n+]2C)cc1OC. The zero-order valence-corrected chi connectivity index (χ0v) is 13.7. The number of methoxy groups -OCH3 is 2. The van der Waals surface area contributed by atoms with Crippen LogP contribution in [0.4, 0.5) is 0 Å². The molecule has 0 atom stereocenters. The monoisotopic (exact) mass is 312 g/mol. The molecule has 0 saturated heterocycles. The topological polar surface area (TPSA) is 22.3 Å². The van der Waals surface area contributed by atoms with E-state index in [1.165, 1.54) is 15.2 Å². The predicted molar refractivity (Wildman–Crippen MR) is 91.5 cm³/mol. The number of aryl methyl sites for hydroxylation is 1. The van der Waals surface area contributed by atoms with Gasteiger partial charge in [0.05, 0.1) is 14.2 Å². The van der Waals surface area contributed by atoms with Crippen molar-refractivity contribution in [2.24, 2.45) is 7.05 Å². The molecule has 0 spiro atoms. The van der Waals surface area contributed by atoms with Gasteiger partial charge in [-0.3, -0.25) is 0 Å². The van der Waals surface area contributed by atoms with Crippen molar-refractivity contribution in [3.63, 3.8) is 0 Å². The molecule has 22 heavy (non-hydrogen) atoms. The van der Waals surface area contributed by atoms with Crippen molar-refractivity contribution in [2.45, 2.75) is 0 Å². The summed E-state index contributed by atoms with van der Waals surface area (Å²) in [6.45, 7) is 0. The summed E-state index contributed by atoms with van der Waals surface area (Å²) in [6, 6.07) is 14.3. The molecule has 0 saturated carbocycles. The highest BCUT2D eigenvalue weighted by molar-refractivity contribution is 7.18. The smallest absolute Gasteiger partial charge is 0.262 e. The molecule has 3 nitrogen and oxygen atoms in total. The minimum atomic E-state index is 0.741. The van der Waals surface area contributed by atoms with Gasteiger partial charge in [0.25, 0.3) is 5.01 Å². The van der Waals surface area contributed by atoms with Crippen molar-refractivity contribution in [3.8, 4) is 11.5 Å². The molecule has 1 aromatic heterocycles. The van der Waals surface area contributed by atoms with E-state index in [2.05, 4.69) is 48.0 Å². The fraction of sp³-hybridized carbons (Fsp3) is 0.167. The Labute approximate surface area is 134 Å². The van der Waals surface area contributed by atoms with Gasteiger partial charge in [0, 0.05) is 12.1 Å². The highest BCUT2D eigenvalue weighted by Gasteiger charge is 2.13. The first kappa shape index (κ1) is 14.6. The van der Waals surface area contributed by atoms with Crippen LogP contribution in [0.2, 0.25) is 0 Å². The molecule has 0 bridgehead atoms. The van der Waals surface area contributed by atoms with Crippen LogP contribution < -0.4 is 14.0 Å². The molecule has 0 radical (unpaired) electrons. The summed E-state index contributed by atoms with van der Waals surface area (Å²) in [6.07, 6.45) is 4.22. The Morgan fingerprint density at radius 1 is 0.955 bits per heavy atom. The lowest BCUT2D eigenvalue weighted by Crippen LogP contribution is -2.28. The maximum absolute atomic E-state index is 5.34. The third-order valence-electron chi connectivity index (χ3n) is 3.60. The molecular weight excluding hydrogens is 294 g/mol. The van der Waals surface area contributed by atoms with Crippen LogP contribution in [0.3, 0.4) is 0 Å². The van der Waals surface area contributed by atoms with Crippen molar-refractivity contribution in [1.82, 2.24) is 0 Å². The largest absolute Gasteiger partial charge is 0.493 e. The summed E-state index contributed by atoms with van der Waals surface area (Å²) in [5, 5.41) is 1.20. The molecule has 0 aliphatic carbocycles. The zero-order valence-electron chi connectivity index (χ0n) is 12.9. The average Bonchev–Trinajstić information content (AvgIpc) is 2.89. The van der Waals surface area contributed by atoms with Crippen LogP contribution in [0.5, 0.6) is 11.5 Å². The summed E-state index contributed by atoms with van der Waals surface area (Å²) in [7, 11) is 5.38. The van der Waals surface area contributed by atoms with Crippen LogP contribution >= 0.6 is 11.3 Å². The molecule has 0 aliphatic rings. The number of hydrogen-bond acceptors (Lipinski definition) is 3. The quantitative estimate of drug-likeness (QED) is 0.681. The van der Waals surface area contributed by atoms with E-state index in [-0.39, 0.29) is 0 Å². The van der Waals surface area contributed by atoms with Gasteiger partial charge in [-0.05, 0) is 29.8 Å². The van der Waals surface area contributed by atoms with Crippen LogP contribution in [0.15, 0.2) is 42.5 Å². The van der Waals surface area contributed by atoms with E-state index >= 15 is 0 Å². The molecule has 0 N–H and O–H groups in total. The number of nitrogens with zero attached hydrogens (tertiary/aromatic N) is 1. The van der Waals surface area contributed by atoms with Crippen LogP contribution in [0.25, 0.3) is 22.4 Å². The van der Waals surface area contributed by atoms with E-state index in [0.717, 1.165) is 17.1 Å². The van der Waals surface area contributed by atoms with Gasteiger partial charge in [-0.25, -0.2) is 0 Å². The Morgan fingerprint density at radius 2 is 1.73 bits per heavy atom. The average molecular weight is 312 g/mol. The molecule has 0 amide bonds. The summed E-state index contributed by atoms with van der Waals surface area (Å²) in [5.74, 6) is 1.48. The minimum absolute atomic E-state index is 0.741. The van der Waals surface area contributed by atoms with Gasteiger partial charge in [0.2, 0.25) is 5.52 Å². The molecule has 3 aromatic rings. The number of rotatable bonds is 4. The van der Waals surface area contributed by atoms with Crippen LogP contribution in [0, 0.1) is 0 Å². The van der Waals surface area contributed by atoms with Gasteiger partial charge in [0.15, 0.2) is 11.5 Å². The summed E-state index contributed by atoms with van der Waals surface area (Å²) >= 11 is 1.78. The summed E-state index contributed by atoms with van der Waals surface area (Å²) in [5.41, 5.74) is 2.33. The second-order valence-corrected chi connectivity index (χ2v) is 5.98. The highest BCUT2D eigenvalue weighted by atomic mass is 32.1. The second kappa shape index (κ2) is 6.20. The number of aromatic nitrogens is 1. The number of thiazole rings is 1. The van der Waals surface area contributed by atoms with E-state index in [1.54, 1.807) is 25.6 Å². The number of hydrogen-bond donors (Lipinski definition) is 0. The fourth-order valence-corrected chi connectivity index (χ4v) is 3.44. The van der Waals surface area contributed by atoms with Crippen molar-refractivity contribution in [1.29, 1.82) is 0 Å². The summed E-state index contributed by atoms with van der Waals surface area (Å²) < 4.78 is 14.1. The van der Waals surface area contributed by atoms with E-state index in [9.17, 15) is 0 Å². The maximum Gasteiger partial charge on any atom is 0.262 e. The molecule has 1 heterocycles. The summed E-state index contributed by atoms with van der Waals surface area (Å²) in [4.78, 5) is 0. The van der Waals surface area contributed by atoms with Crippen LogP contribution in [0.1, 0.15) is 10.6 Å². The molecule has 2 aromatic carbocycles. The van der Waals surface area contributed by atoms with E-state index in [4.69, 9.17) is 9.47 Å². The minimum Gasteiger partial charge on any atom is -0.493 e. The number of ether oxygens (including phenoxy) is 2. The Bertz CT molecular complexity index is 836. The molecule has 112 valence electrons. The van der Waals surface area contributed by atoms with Crippen molar-refractivity contribution in [3.05, 3.63) is 53.0 Å². The first-order valence-corrected chi connectivity index (χ1v) is 7.82. The second-order valence-electron chi connectivity index (χ2n) is 4.91. The first-order chi connectivity index (χ1) is 10.7. The molecule has 4 heteroatoms. The molecule has 0 aliphatic heterocycles. The molecule has 0 fully saturated rings. The maximum atomic E-state index is 5.34. The highest BCUT2D eigenvalue weighted by Crippen LogP contribution is 2.28. The standard InChI is InChI=1S/C18H18NO2S/c1-19-14-6-4-5-7-17(14)22-18(19)11-9-13-8-10-15(20-2)16(12-13)21-3/h4-12H,1-3H3/q+1.